The van der Waals surface area contributed by atoms with Crippen molar-refractivity contribution in [2.75, 3.05) is 4.90 Å². The van der Waals surface area contributed by atoms with E-state index < -0.39 is 29.7 Å². The summed E-state index contributed by atoms with van der Waals surface area (Å²) >= 11 is 0. The normalized spacial score (nSPS) is 19.4. The standard InChI is InChI=1S/C24H22FN5O4/c1-13(2)33-18-10-4-15(5-11-18)22-26-19(14(3)34-22)12-29-21-20(27-28-29)23(31)30(24(21)32)17-8-6-16(25)7-9-17/h4-11,13,20-21H,12H2,1-3H3/t20-,21+/m0/s1. The number of imide groups is 1. The maximum atomic E-state index is 13.3. The molecular weight excluding hydrogens is 441 g/mol. The van der Waals surface area contributed by atoms with E-state index in [1.54, 1.807) is 6.92 Å². The number of ether oxygens (including phenoxy) is 1. The Morgan fingerprint density at radius 1 is 1.06 bits per heavy atom. The zero-order chi connectivity index (χ0) is 24.0. The fraction of sp³-hybridized carbons (Fsp3) is 0.292. The lowest BCUT2D eigenvalue weighted by Crippen LogP contribution is -2.39. The van der Waals surface area contributed by atoms with Gasteiger partial charge in [-0.2, -0.15) is 5.11 Å². The fourth-order valence-electron chi connectivity index (χ4n) is 4.00. The second-order valence-corrected chi connectivity index (χ2v) is 8.39. The molecule has 0 aliphatic carbocycles. The monoisotopic (exact) mass is 463 g/mol. The number of anilines is 1. The fourth-order valence-corrected chi connectivity index (χ4v) is 4.00. The van der Waals surface area contributed by atoms with E-state index >= 15 is 0 Å². The van der Waals surface area contributed by atoms with Crippen molar-refractivity contribution in [3.63, 3.8) is 0 Å². The Balaban J connectivity index is 1.34. The topological polar surface area (TPSA) is 101 Å². The number of hydrogen-bond donors (Lipinski definition) is 0. The first-order valence-electron chi connectivity index (χ1n) is 10.9. The molecule has 5 rings (SSSR count). The number of hydrogen-bond acceptors (Lipinski definition) is 8. The number of rotatable bonds is 6. The molecule has 0 bridgehead atoms. The van der Waals surface area contributed by atoms with Gasteiger partial charge in [-0.25, -0.2) is 14.3 Å². The van der Waals surface area contributed by atoms with Crippen LogP contribution in [0.15, 0.2) is 63.3 Å². The first-order valence-corrected chi connectivity index (χ1v) is 10.9. The van der Waals surface area contributed by atoms with Crippen LogP contribution in [0.3, 0.4) is 0 Å². The predicted octanol–water partition coefficient (Wildman–Crippen LogP) is 4.07. The van der Waals surface area contributed by atoms with Gasteiger partial charge in [0.15, 0.2) is 12.1 Å². The molecule has 34 heavy (non-hydrogen) atoms. The quantitative estimate of drug-likeness (QED) is 0.511. The van der Waals surface area contributed by atoms with Gasteiger partial charge in [-0.3, -0.25) is 14.6 Å². The third-order valence-electron chi connectivity index (χ3n) is 5.62. The number of fused-ring (bicyclic) bond motifs is 1. The summed E-state index contributed by atoms with van der Waals surface area (Å²) in [7, 11) is 0. The SMILES string of the molecule is Cc1oc(-c2ccc(OC(C)C)cc2)nc1CN1N=N[C@@H]2C(=O)N(c3ccc(F)cc3)C(=O)[C@@H]21. The lowest BCUT2D eigenvalue weighted by molar-refractivity contribution is -0.123. The van der Waals surface area contributed by atoms with Gasteiger partial charge in [0, 0.05) is 5.56 Å². The summed E-state index contributed by atoms with van der Waals surface area (Å²) in [5, 5.41) is 9.52. The van der Waals surface area contributed by atoms with Crippen molar-refractivity contribution < 1.29 is 23.1 Å². The lowest BCUT2D eigenvalue weighted by atomic mass is 10.1. The van der Waals surface area contributed by atoms with Crippen molar-refractivity contribution in [2.45, 2.75) is 45.5 Å². The maximum absolute atomic E-state index is 13.3. The van der Waals surface area contributed by atoms with Crippen LogP contribution in [0.25, 0.3) is 11.5 Å². The molecule has 1 fully saturated rings. The van der Waals surface area contributed by atoms with E-state index in [0.29, 0.717) is 23.0 Å². The Bertz CT molecular complexity index is 1270. The minimum absolute atomic E-state index is 0.0732. The largest absolute Gasteiger partial charge is 0.491 e. The molecule has 0 saturated carbocycles. The number of aromatic nitrogens is 1. The van der Waals surface area contributed by atoms with Crippen LogP contribution in [0.1, 0.15) is 25.3 Å². The van der Waals surface area contributed by atoms with Crippen molar-refractivity contribution in [2.24, 2.45) is 10.3 Å². The van der Waals surface area contributed by atoms with Crippen molar-refractivity contribution in [1.29, 1.82) is 0 Å². The Labute approximate surface area is 194 Å². The average molecular weight is 463 g/mol. The number of halogens is 1. The molecule has 10 heteroatoms. The van der Waals surface area contributed by atoms with Gasteiger partial charge < -0.3 is 9.15 Å². The summed E-state index contributed by atoms with van der Waals surface area (Å²) in [4.78, 5) is 31.5. The molecule has 9 nitrogen and oxygen atoms in total. The summed E-state index contributed by atoms with van der Waals surface area (Å²) < 4.78 is 24.8. The highest BCUT2D eigenvalue weighted by Crippen LogP contribution is 2.33. The van der Waals surface area contributed by atoms with E-state index in [4.69, 9.17) is 9.15 Å². The molecule has 2 amide bonds. The van der Waals surface area contributed by atoms with Crippen LogP contribution in [-0.2, 0) is 16.1 Å². The van der Waals surface area contributed by atoms with Crippen LogP contribution < -0.4 is 9.64 Å². The highest BCUT2D eigenvalue weighted by molar-refractivity contribution is 6.25. The molecule has 0 N–H and O–H groups in total. The average Bonchev–Trinajstić information content (AvgIpc) is 3.45. The summed E-state index contributed by atoms with van der Waals surface area (Å²) in [6, 6.07) is 10.8. The third-order valence-corrected chi connectivity index (χ3v) is 5.62. The van der Waals surface area contributed by atoms with Crippen molar-refractivity contribution in [3.05, 3.63) is 65.8 Å². The van der Waals surface area contributed by atoms with E-state index in [-0.39, 0.29) is 12.6 Å². The van der Waals surface area contributed by atoms with E-state index in [9.17, 15) is 14.0 Å². The lowest BCUT2D eigenvalue weighted by Gasteiger charge is -2.19. The van der Waals surface area contributed by atoms with E-state index in [1.165, 1.54) is 29.3 Å². The number of carbonyl (C=O) groups is 2. The number of aryl methyl sites for hydroxylation is 1. The summed E-state index contributed by atoms with van der Waals surface area (Å²) in [5.41, 5.74) is 1.66. The molecule has 1 saturated heterocycles. The van der Waals surface area contributed by atoms with Crippen LogP contribution in [0.4, 0.5) is 10.1 Å². The van der Waals surface area contributed by atoms with E-state index in [1.807, 2.05) is 38.1 Å². The Hall–Kier alpha value is -4.08. The van der Waals surface area contributed by atoms with Gasteiger partial charge in [0.25, 0.3) is 11.8 Å². The Morgan fingerprint density at radius 3 is 2.44 bits per heavy atom. The van der Waals surface area contributed by atoms with Gasteiger partial charge in [-0.05, 0) is 69.3 Å². The molecule has 2 aliphatic heterocycles. The van der Waals surface area contributed by atoms with Gasteiger partial charge in [-0.1, -0.05) is 5.22 Å². The van der Waals surface area contributed by atoms with E-state index in [2.05, 4.69) is 15.3 Å². The van der Waals surface area contributed by atoms with Crippen LogP contribution in [0.5, 0.6) is 5.75 Å². The van der Waals surface area contributed by atoms with Crippen molar-refractivity contribution >= 4 is 17.5 Å². The second-order valence-electron chi connectivity index (χ2n) is 8.39. The molecule has 2 aromatic carbocycles. The number of amides is 2. The molecule has 2 aliphatic rings. The number of benzene rings is 2. The predicted molar refractivity (Wildman–Crippen MR) is 119 cm³/mol. The summed E-state index contributed by atoms with van der Waals surface area (Å²) in [6.45, 7) is 5.84. The molecule has 2 atom stereocenters. The molecule has 0 unspecified atom stereocenters. The number of nitrogens with zero attached hydrogens (tertiary/aromatic N) is 5. The first kappa shape index (κ1) is 21.7. The summed E-state index contributed by atoms with van der Waals surface area (Å²) in [5.74, 6) is 0.342. The first-order chi connectivity index (χ1) is 16.3. The Kier molecular flexibility index (Phi) is 5.35. The zero-order valence-corrected chi connectivity index (χ0v) is 18.8. The Morgan fingerprint density at radius 2 is 1.76 bits per heavy atom. The zero-order valence-electron chi connectivity index (χ0n) is 18.8. The minimum Gasteiger partial charge on any atom is -0.491 e. The van der Waals surface area contributed by atoms with Gasteiger partial charge in [0.2, 0.25) is 5.89 Å². The molecule has 0 spiro atoms. The molecule has 0 radical (unpaired) electrons. The molecule has 3 heterocycles. The molecule has 3 aromatic rings. The molecular formula is C24H22FN5O4. The third kappa shape index (κ3) is 3.81. The maximum Gasteiger partial charge on any atom is 0.263 e. The second kappa shape index (κ2) is 8.36. The number of carbonyl (C=O) groups excluding carboxylic acids is 2. The minimum atomic E-state index is -0.947. The van der Waals surface area contributed by atoms with Gasteiger partial charge in [0.1, 0.15) is 23.0 Å². The van der Waals surface area contributed by atoms with Crippen LogP contribution in [0.2, 0.25) is 0 Å². The highest BCUT2D eigenvalue weighted by Gasteiger charge is 2.54. The van der Waals surface area contributed by atoms with Crippen LogP contribution in [0, 0.1) is 12.7 Å². The van der Waals surface area contributed by atoms with E-state index in [0.717, 1.165) is 16.2 Å². The van der Waals surface area contributed by atoms with Crippen molar-refractivity contribution in [1.82, 2.24) is 9.99 Å². The smallest absolute Gasteiger partial charge is 0.263 e. The highest BCUT2D eigenvalue weighted by atomic mass is 19.1. The van der Waals surface area contributed by atoms with Gasteiger partial charge >= 0.3 is 0 Å². The van der Waals surface area contributed by atoms with Gasteiger partial charge in [0.05, 0.1) is 18.3 Å². The summed E-state index contributed by atoms with van der Waals surface area (Å²) in [6.07, 6.45) is 0.0732. The van der Waals surface area contributed by atoms with Crippen molar-refractivity contribution in [3.8, 4) is 17.2 Å². The van der Waals surface area contributed by atoms with Crippen LogP contribution in [-0.4, -0.2) is 40.0 Å². The number of oxazole rings is 1. The van der Waals surface area contributed by atoms with Gasteiger partial charge in [-0.15, -0.1) is 0 Å². The molecule has 1 aromatic heterocycles. The van der Waals surface area contributed by atoms with Crippen LogP contribution >= 0.6 is 0 Å². The molecule has 174 valence electrons.